The van der Waals surface area contributed by atoms with Gasteiger partial charge < -0.3 is 4.74 Å². The van der Waals surface area contributed by atoms with E-state index in [0.717, 1.165) is 31.1 Å². The Bertz CT molecular complexity index is 308. The van der Waals surface area contributed by atoms with Crippen molar-refractivity contribution in [2.75, 3.05) is 13.2 Å². The van der Waals surface area contributed by atoms with Crippen molar-refractivity contribution < 1.29 is 4.74 Å². The molecular formula is C17H26ClO. The maximum absolute atomic E-state index is 5.86. The van der Waals surface area contributed by atoms with Crippen molar-refractivity contribution in [3.63, 3.8) is 0 Å². The van der Waals surface area contributed by atoms with Gasteiger partial charge in [-0.2, -0.15) is 0 Å². The summed E-state index contributed by atoms with van der Waals surface area (Å²) in [6.45, 7) is 5.66. The van der Waals surface area contributed by atoms with Crippen LogP contribution in [0.2, 0.25) is 5.02 Å². The Kier molecular flexibility index (Phi) is 9.84. The average molecular weight is 282 g/mol. The van der Waals surface area contributed by atoms with Crippen molar-refractivity contribution in [2.45, 2.75) is 51.4 Å². The van der Waals surface area contributed by atoms with Gasteiger partial charge in [0, 0.05) is 18.2 Å². The normalized spacial score (nSPS) is 10.8. The van der Waals surface area contributed by atoms with Crippen molar-refractivity contribution in [3.8, 4) is 0 Å². The number of hydrogen-bond acceptors (Lipinski definition) is 1. The van der Waals surface area contributed by atoms with Crippen LogP contribution in [0.1, 0.15) is 50.5 Å². The molecule has 0 fully saturated rings. The van der Waals surface area contributed by atoms with Crippen LogP contribution >= 0.6 is 11.6 Å². The third-order valence-electron chi connectivity index (χ3n) is 3.21. The van der Waals surface area contributed by atoms with Crippen LogP contribution in [-0.4, -0.2) is 13.2 Å². The Morgan fingerprint density at radius 2 is 1.47 bits per heavy atom. The van der Waals surface area contributed by atoms with Crippen LogP contribution in [0.5, 0.6) is 0 Å². The molecule has 0 heterocycles. The summed E-state index contributed by atoms with van der Waals surface area (Å²) in [6, 6.07) is 8.15. The van der Waals surface area contributed by atoms with Gasteiger partial charge in [-0.15, -0.1) is 0 Å². The van der Waals surface area contributed by atoms with Crippen LogP contribution in [0.15, 0.2) is 24.3 Å². The second kappa shape index (κ2) is 11.3. The number of halogens is 1. The molecule has 0 saturated heterocycles. The van der Waals surface area contributed by atoms with Gasteiger partial charge in [0.25, 0.3) is 0 Å². The maximum atomic E-state index is 5.86. The van der Waals surface area contributed by atoms with Gasteiger partial charge in [0.05, 0.1) is 0 Å². The lowest BCUT2D eigenvalue weighted by atomic mass is 10.1. The van der Waals surface area contributed by atoms with Crippen molar-refractivity contribution in [2.24, 2.45) is 0 Å². The summed E-state index contributed by atoms with van der Waals surface area (Å²) < 4.78 is 5.61. The second-order valence-electron chi connectivity index (χ2n) is 4.96. The molecule has 0 aromatic heterocycles. The lowest BCUT2D eigenvalue weighted by Gasteiger charge is -2.04. The van der Waals surface area contributed by atoms with E-state index >= 15 is 0 Å². The number of benzene rings is 1. The topological polar surface area (TPSA) is 9.23 Å². The zero-order valence-corrected chi connectivity index (χ0v) is 12.6. The van der Waals surface area contributed by atoms with Gasteiger partial charge in [0.15, 0.2) is 0 Å². The predicted octanol–water partition coefficient (Wildman–Crippen LogP) is 5.46. The molecule has 0 amide bonds. The molecule has 1 radical (unpaired) electrons. The highest BCUT2D eigenvalue weighted by Crippen LogP contribution is 2.12. The lowest BCUT2D eigenvalue weighted by Crippen LogP contribution is -1.97. The molecule has 107 valence electrons. The number of ether oxygens (including phenoxy) is 1. The number of aryl methyl sites for hydroxylation is 1. The first kappa shape index (κ1) is 16.5. The van der Waals surface area contributed by atoms with E-state index in [1.165, 1.54) is 44.1 Å². The summed E-state index contributed by atoms with van der Waals surface area (Å²) in [5.41, 5.74) is 1.37. The van der Waals surface area contributed by atoms with Crippen LogP contribution < -0.4 is 0 Å². The van der Waals surface area contributed by atoms with Crippen LogP contribution in [-0.2, 0) is 11.2 Å². The summed E-state index contributed by atoms with van der Waals surface area (Å²) in [4.78, 5) is 0. The second-order valence-corrected chi connectivity index (χ2v) is 5.40. The summed E-state index contributed by atoms with van der Waals surface area (Å²) in [5, 5.41) is 0.816. The monoisotopic (exact) mass is 281 g/mol. The minimum Gasteiger partial charge on any atom is -0.381 e. The highest BCUT2D eigenvalue weighted by Gasteiger charge is 1.95. The van der Waals surface area contributed by atoms with E-state index < -0.39 is 0 Å². The molecule has 19 heavy (non-hydrogen) atoms. The smallest absolute Gasteiger partial charge is 0.0466 e. The van der Waals surface area contributed by atoms with Crippen LogP contribution in [0.3, 0.4) is 0 Å². The van der Waals surface area contributed by atoms with Gasteiger partial charge in [-0.05, 0) is 43.4 Å². The maximum Gasteiger partial charge on any atom is 0.0466 e. The molecule has 0 aliphatic carbocycles. The van der Waals surface area contributed by atoms with Crippen LogP contribution in [0, 0.1) is 6.92 Å². The standard InChI is InChI=1S/C17H26ClO/c1-2-3-4-7-14-19-15-8-5-6-9-16-10-12-17(18)13-11-16/h10-13H,1-9,14-15H2. The van der Waals surface area contributed by atoms with E-state index in [1.54, 1.807) is 0 Å². The van der Waals surface area contributed by atoms with Crippen molar-refractivity contribution in [1.82, 2.24) is 0 Å². The van der Waals surface area contributed by atoms with E-state index in [1.807, 2.05) is 12.1 Å². The summed E-state index contributed by atoms with van der Waals surface area (Å²) in [5.74, 6) is 0. The van der Waals surface area contributed by atoms with Gasteiger partial charge >= 0.3 is 0 Å². The van der Waals surface area contributed by atoms with Crippen molar-refractivity contribution in [3.05, 3.63) is 41.8 Å². The molecule has 0 N–H and O–H groups in total. The van der Waals surface area contributed by atoms with Gasteiger partial charge in [0.1, 0.15) is 0 Å². The molecule has 0 unspecified atom stereocenters. The van der Waals surface area contributed by atoms with Crippen molar-refractivity contribution >= 4 is 11.6 Å². The molecule has 1 aromatic rings. The zero-order chi connectivity index (χ0) is 13.8. The molecular weight excluding hydrogens is 256 g/mol. The Morgan fingerprint density at radius 3 is 2.11 bits per heavy atom. The highest BCUT2D eigenvalue weighted by atomic mass is 35.5. The zero-order valence-electron chi connectivity index (χ0n) is 11.9. The summed E-state index contributed by atoms with van der Waals surface area (Å²) in [7, 11) is 0. The Labute approximate surface area is 123 Å². The molecule has 1 nitrogen and oxygen atoms in total. The van der Waals surface area contributed by atoms with Crippen LogP contribution in [0.25, 0.3) is 0 Å². The quantitative estimate of drug-likeness (QED) is 0.489. The number of hydrogen-bond donors (Lipinski definition) is 0. The third-order valence-corrected chi connectivity index (χ3v) is 3.46. The molecule has 1 rings (SSSR count). The average Bonchev–Trinajstić information content (AvgIpc) is 2.43. The van der Waals surface area contributed by atoms with Gasteiger partial charge in [-0.1, -0.05) is 56.3 Å². The third kappa shape index (κ3) is 9.07. The van der Waals surface area contributed by atoms with Crippen LogP contribution in [0.4, 0.5) is 0 Å². The first-order valence-electron chi connectivity index (χ1n) is 7.44. The predicted molar refractivity (Wildman–Crippen MR) is 83.7 cm³/mol. The first-order valence-corrected chi connectivity index (χ1v) is 7.82. The summed E-state index contributed by atoms with van der Waals surface area (Å²) in [6.07, 6.45) is 9.48. The number of unbranched alkanes of at least 4 members (excludes halogenated alkanes) is 5. The SMILES string of the molecule is [CH2]CCCCCOCCCCCc1ccc(Cl)cc1. The molecule has 1 aromatic carbocycles. The molecule has 2 heteroatoms. The van der Waals surface area contributed by atoms with E-state index in [2.05, 4.69) is 19.1 Å². The minimum atomic E-state index is 0.816. The highest BCUT2D eigenvalue weighted by molar-refractivity contribution is 6.30. The van der Waals surface area contributed by atoms with Crippen molar-refractivity contribution in [1.29, 1.82) is 0 Å². The molecule has 0 aliphatic heterocycles. The number of rotatable bonds is 11. The first-order chi connectivity index (χ1) is 9.33. The molecule has 0 saturated carbocycles. The van der Waals surface area contributed by atoms with Gasteiger partial charge in [0.2, 0.25) is 0 Å². The van der Waals surface area contributed by atoms with E-state index in [4.69, 9.17) is 16.3 Å². The van der Waals surface area contributed by atoms with E-state index in [9.17, 15) is 0 Å². The van der Waals surface area contributed by atoms with E-state index in [-0.39, 0.29) is 0 Å². The Morgan fingerprint density at radius 1 is 0.842 bits per heavy atom. The largest absolute Gasteiger partial charge is 0.381 e. The Balaban J connectivity index is 1.87. The fourth-order valence-electron chi connectivity index (χ4n) is 2.02. The van der Waals surface area contributed by atoms with Gasteiger partial charge in [-0.25, -0.2) is 0 Å². The minimum absolute atomic E-state index is 0.816. The summed E-state index contributed by atoms with van der Waals surface area (Å²) >= 11 is 5.86. The molecule has 0 bridgehead atoms. The van der Waals surface area contributed by atoms with Gasteiger partial charge in [-0.3, -0.25) is 0 Å². The molecule has 0 aliphatic rings. The molecule has 0 atom stereocenters. The Hall–Kier alpha value is -0.530. The lowest BCUT2D eigenvalue weighted by molar-refractivity contribution is 0.126. The fourth-order valence-corrected chi connectivity index (χ4v) is 2.15. The molecule has 0 spiro atoms. The van der Waals surface area contributed by atoms with E-state index in [0.29, 0.717) is 0 Å². The fraction of sp³-hybridized carbons (Fsp3) is 0.588.